The van der Waals surface area contributed by atoms with Crippen molar-refractivity contribution in [2.24, 2.45) is 0 Å². The molecule has 1 amide bonds. The van der Waals surface area contributed by atoms with Crippen molar-refractivity contribution in [1.29, 1.82) is 0 Å². The molecule has 6 heteroatoms. The lowest BCUT2D eigenvalue weighted by Crippen LogP contribution is -2.14. The molecule has 0 bridgehead atoms. The molecule has 0 radical (unpaired) electrons. The Bertz CT molecular complexity index is 1070. The average molecular weight is 351 g/mol. The summed E-state index contributed by atoms with van der Waals surface area (Å²) in [6.07, 6.45) is 3.90. The highest BCUT2D eigenvalue weighted by Gasteiger charge is 2.20. The van der Waals surface area contributed by atoms with Crippen molar-refractivity contribution in [3.8, 4) is 5.00 Å². The number of rotatable bonds is 3. The van der Waals surface area contributed by atoms with Crippen LogP contribution in [0.1, 0.15) is 26.7 Å². The van der Waals surface area contributed by atoms with Crippen LogP contribution in [0, 0.1) is 20.8 Å². The fourth-order valence-corrected chi connectivity index (χ4v) is 3.96. The normalized spacial score (nSPS) is 11.2. The van der Waals surface area contributed by atoms with Gasteiger partial charge in [-0.2, -0.15) is 0 Å². The number of benzene rings is 1. The zero-order valence-corrected chi connectivity index (χ0v) is 15.0. The van der Waals surface area contributed by atoms with E-state index in [-0.39, 0.29) is 5.91 Å². The summed E-state index contributed by atoms with van der Waals surface area (Å²) >= 11 is 1.62. The van der Waals surface area contributed by atoms with Gasteiger partial charge in [0, 0.05) is 29.9 Å². The third-order valence-electron chi connectivity index (χ3n) is 4.19. The van der Waals surface area contributed by atoms with E-state index >= 15 is 0 Å². The predicted octanol–water partition coefficient (Wildman–Crippen LogP) is 4.86. The highest BCUT2D eigenvalue weighted by molar-refractivity contribution is 7.15. The number of amides is 1. The second-order valence-corrected chi connectivity index (χ2v) is 7.13. The Hall–Kier alpha value is -2.86. The van der Waals surface area contributed by atoms with Crippen LogP contribution in [0.5, 0.6) is 0 Å². The number of hydrogen-bond donors (Lipinski definition) is 1. The molecule has 4 rings (SSSR count). The van der Waals surface area contributed by atoms with Crippen LogP contribution in [-0.2, 0) is 0 Å². The molecular weight excluding hydrogens is 334 g/mol. The van der Waals surface area contributed by atoms with Gasteiger partial charge in [-0.05, 0) is 49.7 Å². The molecule has 1 aromatic carbocycles. The Balaban J connectivity index is 1.71. The standard InChI is InChI=1S/C19H17N3O2S/c1-11-12(2)25-19(22-8-4-5-9-22)17(11)18(23)21-14-6-7-16-15(10-14)20-13(3)24-16/h4-10H,1-3H3,(H,21,23). The van der Waals surface area contributed by atoms with E-state index in [4.69, 9.17) is 4.42 Å². The first-order valence-corrected chi connectivity index (χ1v) is 8.76. The van der Waals surface area contributed by atoms with Crippen LogP contribution in [0.2, 0.25) is 0 Å². The molecule has 25 heavy (non-hydrogen) atoms. The van der Waals surface area contributed by atoms with Gasteiger partial charge < -0.3 is 14.3 Å². The Morgan fingerprint density at radius 1 is 1.20 bits per heavy atom. The van der Waals surface area contributed by atoms with Crippen molar-refractivity contribution in [3.05, 3.63) is 64.6 Å². The minimum absolute atomic E-state index is 0.120. The summed E-state index contributed by atoms with van der Waals surface area (Å²) < 4.78 is 7.45. The third kappa shape index (κ3) is 2.74. The zero-order valence-electron chi connectivity index (χ0n) is 14.2. The van der Waals surface area contributed by atoms with Gasteiger partial charge in [0.25, 0.3) is 5.91 Å². The Kier molecular flexibility index (Phi) is 3.69. The summed E-state index contributed by atoms with van der Waals surface area (Å²) in [5, 5.41) is 3.92. The Morgan fingerprint density at radius 3 is 2.72 bits per heavy atom. The van der Waals surface area contributed by atoms with Crippen LogP contribution < -0.4 is 5.32 Å². The van der Waals surface area contributed by atoms with E-state index in [0.717, 1.165) is 21.0 Å². The average Bonchev–Trinajstić information content (AvgIpc) is 3.26. The molecule has 3 heterocycles. The van der Waals surface area contributed by atoms with Gasteiger partial charge in [-0.15, -0.1) is 11.3 Å². The summed E-state index contributed by atoms with van der Waals surface area (Å²) in [7, 11) is 0. The molecule has 0 spiro atoms. The minimum Gasteiger partial charge on any atom is -0.441 e. The van der Waals surface area contributed by atoms with Crippen LogP contribution in [0.4, 0.5) is 5.69 Å². The lowest BCUT2D eigenvalue weighted by atomic mass is 10.1. The molecule has 4 aromatic rings. The monoisotopic (exact) mass is 351 g/mol. The summed E-state index contributed by atoms with van der Waals surface area (Å²) in [4.78, 5) is 18.4. The van der Waals surface area contributed by atoms with Gasteiger partial charge in [0.1, 0.15) is 10.5 Å². The highest BCUT2D eigenvalue weighted by Crippen LogP contribution is 2.32. The number of hydrogen-bond acceptors (Lipinski definition) is 4. The molecule has 0 aliphatic carbocycles. The molecule has 1 N–H and O–H groups in total. The van der Waals surface area contributed by atoms with Crippen LogP contribution >= 0.6 is 11.3 Å². The molecule has 0 saturated carbocycles. The molecule has 3 aromatic heterocycles. The Labute approximate surface area is 148 Å². The first-order valence-electron chi connectivity index (χ1n) is 7.95. The lowest BCUT2D eigenvalue weighted by molar-refractivity contribution is 0.102. The van der Waals surface area contributed by atoms with E-state index in [0.29, 0.717) is 22.7 Å². The number of nitrogens with one attached hydrogen (secondary N) is 1. The van der Waals surface area contributed by atoms with E-state index in [9.17, 15) is 4.79 Å². The second kappa shape index (κ2) is 5.89. The summed E-state index contributed by atoms with van der Waals surface area (Å²) in [6.45, 7) is 5.82. The zero-order chi connectivity index (χ0) is 17.6. The van der Waals surface area contributed by atoms with E-state index in [1.54, 1.807) is 18.3 Å². The van der Waals surface area contributed by atoms with Gasteiger partial charge in [-0.1, -0.05) is 0 Å². The topological polar surface area (TPSA) is 60.1 Å². The molecule has 0 fully saturated rings. The van der Waals surface area contributed by atoms with Crippen molar-refractivity contribution < 1.29 is 9.21 Å². The molecule has 126 valence electrons. The van der Waals surface area contributed by atoms with E-state index < -0.39 is 0 Å². The number of nitrogens with zero attached hydrogens (tertiary/aromatic N) is 2. The third-order valence-corrected chi connectivity index (χ3v) is 5.41. The number of aryl methyl sites for hydroxylation is 2. The fourth-order valence-electron chi connectivity index (χ4n) is 2.84. The van der Waals surface area contributed by atoms with Crippen molar-refractivity contribution in [2.45, 2.75) is 20.8 Å². The molecule has 0 aliphatic heterocycles. The molecule has 0 atom stereocenters. The van der Waals surface area contributed by atoms with Crippen LogP contribution in [0.3, 0.4) is 0 Å². The number of carbonyl (C=O) groups is 1. The van der Waals surface area contributed by atoms with Gasteiger partial charge in [0.05, 0.1) is 5.56 Å². The van der Waals surface area contributed by atoms with Crippen molar-refractivity contribution in [2.75, 3.05) is 5.32 Å². The van der Waals surface area contributed by atoms with E-state index in [1.807, 2.05) is 61.1 Å². The maximum absolute atomic E-state index is 12.9. The maximum atomic E-state index is 12.9. The first-order chi connectivity index (χ1) is 12.0. The number of oxazole rings is 1. The number of anilines is 1. The smallest absolute Gasteiger partial charge is 0.258 e. The molecular formula is C19H17N3O2S. The summed E-state index contributed by atoms with van der Waals surface area (Å²) in [5.41, 5.74) is 3.86. The van der Waals surface area contributed by atoms with Crippen molar-refractivity contribution in [1.82, 2.24) is 9.55 Å². The predicted molar refractivity (Wildman–Crippen MR) is 99.8 cm³/mol. The second-order valence-electron chi connectivity index (χ2n) is 5.92. The van der Waals surface area contributed by atoms with Gasteiger partial charge in [-0.3, -0.25) is 4.79 Å². The maximum Gasteiger partial charge on any atom is 0.258 e. The fraction of sp³-hybridized carbons (Fsp3) is 0.158. The molecule has 0 saturated heterocycles. The number of thiophene rings is 1. The molecule has 0 aliphatic rings. The highest BCUT2D eigenvalue weighted by atomic mass is 32.1. The van der Waals surface area contributed by atoms with Gasteiger partial charge >= 0.3 is 0 Å². The number of aromatic nitrogens is 2. The number of fused-ring (bicyclic) bond motifs is 1. The quantitative estimate of drug-likeness (QED) is 0.573. The van der Waals surface area contributed by atoms with Crippen molar-refractivity contribution in [3.63, 3.8) is 0 Å². The molecule has 5 nitrogen and oxygen atoms in total. The minimum atomic E-state index is -0.120. The van der Waals surface area contributed by atoms with Crippen LogP contribution in [-0.4, -0.2) is 15.5 Å². The summed E-state index contributed by atoms with van der Waals surface area (Å²) in [5.74, 6) is 0.489. The Morgan fingerprint density at radius 2 is 1.96 bits per heavy atom. The van der Waals surface area contributed by atoms with Crippen molar-refractivity contribution >= 4 is 34.0 Å². The van der Waals surface area contributed by atoms with Gasteiger partial charge in [0.15, 0.2) is 11.5 Å². The van der Waals surface area contributed by atoms with E-state index in [1.165, 1.54) is 0 Å². The molecule has 0 unspecified atom stereocenters. The SMILES string of the molecule is Cc1nc2cc(NC(=O)c3c(-n4cccc4)sc(C)c3C)ccc2o1. The van der Waals surface area contributed by atoms with Crippen LogP contribution in [0.15, 0.2) is 47.1 Å². The first kappa shape index (κ1) is 15.7. The van der Waals surface area contributed by atoms with Crippen LogP contribution in [0.25, 0.3) is 16.1 Å². The summed E-state index contributed by atoms with van der Waals surface area (Å²) in [6, 6.07) is 9.38. The largest absolute Gasteiger partial charge is 0.441 e. The van der Waals surface area contributed by atoms with Gasteiger partial charge in [0.2, 0.25) is 0 Å². The van der Waals surface area contributed by atoms with E-state index in [2.05, 4.69) is 10.3 Å². The van der Waals surface area contributed by atoms with Gasteiger partial charge in [-0.25, -0.2) is 4.98 Å². The lowest BCUT2D eigenvalue weighted by Gasteiger charge is -2.08. The number of carbonyl (C=O) groups excluding carboxylic acids is 1.